The van der Waals surface area contributed by atoms with Gasteiger partial charge in [-0.05, 0) is 31.0 Å². The molecule has 0 unspecified atom stereocenters. The number of para-hydroxylation sites is 1. The lowest BCUT2D eigenvalue weighted by Gasteiger charge is -2.06. The Labute approximate surface area is 93.7 Å². The highest BCUT2D eigenvalue weighted by molar-refractivity contribution is 6.04. The Balaban J connectivity index is 2.21. The molecule has 4 nitrogen and oxygen atoms in total. The minimum Gasteiger partial charge on any atom is -0.320 e. The molecule has 0 saturated heterocycles. The summed E-state index contributed by atoms with van der Waals surface area (Å²) in [6.07, 6.45) is 1.63. The third kappa shape index (κ3) is 1.95. The number of rotatable bonds is 2. The summed E-state index contributed by atoms with van der Waals surface area (Å²) < 4.78 is 0. The van der Waals surface area contributed by atoms with Gasteiger partial charge in [0.05, 0.1) is 6.20 Å². The normalized spacial score (nSPS) is 10.1. The second-order valence-electron chi connectivity index (χ2n) is 3.70. The van der Waals surface area contributed by atoms with E-state index in [9.17, 15) is 4.79 Å². The Hall–Kier alpha value is -2.10. The van der Waals surface area contributed by atoms with Crippen LogP contribution in [0.15, 0.2) is 30.5 Å². The van der Waals surface area contributed by atoms with Crippen molar-refractivity contribution in [1.82, 2.24) is 10.2 Å². The fourth-order valence-corrected chi connectivity index (χ4v) is 1.47. The zero-order valence-corrected chi connectivity index (χ0v) is 9.24. The smallest absolute Gasteiger partial charge is 0.273 e. The molecule has 2 N–H and O–H groups in total. The highest BCUT2D eigenvalue weighted by Gasteiger charge is 2.11. The van der Waals surface area contributed by atoms with Crippen molar-refractivity contribution in [2.24, 2.45) is 0 Å². The number of amides is 1. The monoisotopic (exact) mass is 215 g/mol. The number of benzene rings is 1. The Kier molecular flexibility index (Phi) is 2.72. The van der Waals surface area contributed by atoms with Gasteiger partial charge < -0.3 is 5.32 Å². The second-order valence-corrected chi connectivity index (χ2v) is 3.70. The van der Waals surface area contributed by atoms with Crippen molar-refractivity contribution in [3.63, 3.8) is 0 Å². The summed E-state index contributed by atoms with van der Waals surface area (Å²) in [4.78, 5) is 11.9. The van der Waals surface area contributed by atoms with Crippen LogP contribution in [-0.4, -0.2) is 16.1 Å². The predicted molar refractivity (Wildman–Crippen MR) is 62.5 cm³/mol. The van der Waals surface area contributed by atoms with Crippen molar-refractivity contribution >= 4 is 11.6 Å². The van der Waals surface area contributed by atoms with E-state index in [1.54, 1.807) is 6.20 Å². The maximum Gasteiger partial charge on any atom is 0.273 e. The molecule has 0 aliphatic rings. The zero-order valence-electron chi connectivity index (χ0n) is 9.24. The Bertz CT molecular complexity index is 516. The van der Waals surface area contributed by atoms with Gasteiger partial charge in [-0.3, -0.25) is 9.89 Å². The number of nitrogens with one attached hydrogen (secondary N) is 2. The van der Waals surface area contributed by atoms with E-state index in [0.717, 1.165) is 16.8 Å². The first-order chi connectivity index (χ1) is 7.68. The Morgan fingerprint density at radius 3 is 2.62 bits per heavy atom. The number of carbonyl (C=O) groups excluding carboxylic acids is 1. The summed E-state index contributed by atoms with van der Waals surface area (Å²) in [7, 11) is 0. The molecular weight excluding hydrogens is 202 g/mol. The van der Waals surface area contributed by atoms with Gasteiger partial charge in [-0.1, -0.05) is 18.2 Å². The number of hydrogen-bond acceptors (Lipinski definition) is 2. The summed E-state index contributed by atoms with van der Waals surface area (Å²) in [5, 5.41) is 9.35. The van der Waals surface area contributed by atoms with E-state index in [2.05, 4.69) is 15.5 Å². The van der Waals surface area contributed by atoms with Crippen LogP contribution in [0, 0.1) is 13.8 Å². The second kappa shape index (κ2) is 4.18. The molecule has 0 aliphatic heterocycles. The lowest BCUT2D eigenvalue weighted by atomic mass is 10.2. The van der Waals surface area contributed by atoms with Gasteiger partial charge in [0.15, 0.2) is 0 Å². The maximum absolute atomic E-state index is 11.9. The highest BCUT2D eigenvalue weighted by Crippen LogP contribution is 2.14. The van der Waals surface area contributed by atoms with Crippen LogP contribution < -0.4 is 5.32 Å². The summed E-state index contributed by atoms with van der Waals surface area (Å²) in [5.41, 5.74) is 3.20. The molecule has 0 atom stereocenters. The van der Waals surface area contributed by atoms with Gasteiger partial charge in [0.2, 0.25) is 0 Å². The van der Waals surface area contributed by atoms with E-state index in [0.29, 0.717) is 5.69 Å². The molecule has 0 radical (unpaired) electrons. The van der Waals surface area contributed by atoms with Crippen LogP contribution in [-0.2, 0) is 0 Å². The molecule has 2 rings (SSSR count). The standard InChI is InChI=1S/C12H13N3O/c1-8-5-3-4-6-10(8)14-12(16)11-9(2)7-13-15-11/h3-7H,1-2H3,(H,13,15)(H,14,16). The molecule has 1 amide bonds. The van der Waals surface area contributed by atoms with Gasteiger partial charge in [-0.2, -0.15) is 5.10 Å². The molecule has 2 aromatic rings. The lowest BCUT2D eigenvalue weighted by molar-refractivity contribution is 0.102. The molecule has 0 fully saturated rings. The summed E-state index contributed by atoms with van der Waals surface area (Å²) in [6, 6.07) is 7.66. The van der Waals surface area contributed by atoms with Gasteiger partial charge in [0.25, 0.3) is 5.91 Å². The van der Waals surface area contributed by atoms with E-state index < -0.39 is 0 Å². The van der Waals surface area contributed by atoms with Gasteiger partial charge in [0.1, 0.15) is 5.69 Å². The topological polar surface area (TPSA) is 57.8 Å². The van der Waals surface area contributed by atoms with Crippen molar-refractivity contribution in [1.29, 1.82) is 0 Å². The van der Waals surface area contributed by atoms with Gasteiger partial charge in [-0.15, -0.1) is 0 Å². The molecule has 0 saturated carbocycles. The first kappa shape index (κ1) is 10.4. The van der Waals surface area contributed by atoms with Crippen LogP contribution in [0.25, 0.3) is 0 Å². The van der Waals surface area contributed by atoms with Crippen LogP contribution in [0.3, 0.4) is 0 Å². The Morgan fingerprint density at radius 1 is 1.25 bits per heavy atom. The Morgan fingerprint density at radius 2 is 2.00 bits per heavy atom. The van der Waals surface area contributed by atoms with Crippen LogP contribution in [0.4, 0.5) is 5.69 Å². The van der Waals surface area contributed by atoms with Crippen LogP contribution in [0.1, 0.15) is 21.6 Å². The van der Waals surface area contributed by atoms with Gasteiger partial charge in [0, 0.05) is 5.69 Å². The average molecular weight is 215 g/mol. The third-order valence-corrected chi connectivity index (χ3v) is 2.45. The first-order valence-electron chi connectivity index (χ1n) is 5.05. The maximum atomic E-state index is 11.9. The largest absolute Gasteiger partial charge is 0.320 e. The van der Waals surface area contributed by atoms with Crippen LogP contribution in [0.5, 0.6) is 0 Å². The van der Waals surface area contributed by atoms with E-state index in [1.807, 2.05) is 38.1 Å². The molecule has 16 heavy (non-hydrogen) atoms. The number of aryl methyl sites for hydroxylation is 2. The SMILES string of the molecule is Cc1ccccc1NC(=O)c1[nH]ncc1C. The quantitative estimate of drug-likeness (QED) is 0.807. The molecule has 82 valence electrons. The van der Waals surface area contributed by atoms with Crippen molar-refractivity contribution in [2.75, 3.05) is 5.32 Å². The van der Waals surface area contributed by atoms with E-state index >= 15 is 0 Å². The van der Waals surface area contributed by atoms with Crippen LogP contribution in [0.2, 0.25) is 0 Å². The zero-order chi connectivity index (χ0) is 11.5. The number of aromatic amines is 1. The van der Waals surface area contributed by atoms with E-state index in [4.69, 9.17) is 0 Å². The summed E-state index contributed by atoms with van der Waals surface area (Å²) in [5.74, 6) is -0.163. The van der Waals surface area contributed by atoms with Crippen molar-refractivity contribution < 1.29 is 4.79 Å². The molecule has 0 bridgehead atoms. The fourth-order valence-electron chi connectivity index (χ4n) is 1.47. The molecule has 0 aliphatic carbocycles. The highest BCUT2D eigenvalue weighted by atomic mass is 16.1. The van der Waals surface area contributed by atoms with Crippen molar-refractivity contribution in [3.05, 3.63) is 47.3 Å². The number of nitrogens with zero attached hydrogens (tertiary/aromatic N) is 1. The van der Waals surface area contributed by atoms with E-state index in [-0.39, 0.29) is 5.91 Å². The molecule has 4 heteroatoms. The van der Waals surface area contributed by atoms with Crippen molar-refractivity contribution in [2.45, 2.75) is 13.8 Å². The molecule has 1 heterocycles. The molecule has 0 spiro atoms. The summed E-state index contributed by atoms with van der Waals surface area (Å²) in [6.45, 7) is 3.80. The fraction of sp³-hybridized carbons (Fsp3) is 0.167. The minimum atomic E-state index is -0.163. The minimum absolute atomic E-state index is 0.163. The average Bonchev–Trinajstić information content (AvgIpc) is 2.68. The number of anilines is 1. The van der Waals surface area contributed by atoms with Gasteiger partial charge in [-0.25, -0.2) is 0 Å². The number of aromatic nitrogens is 2. The molecule has 1 aromatic heterocycles. The first-order valence-corrected chi connectivity index (χ1v) is 5.05. The molecular formula is C12H13N3O. The van der Waals surface area contributed by atoms with Crippen LogP contribution >= 0.6 is 0 Å². The lowest BCUT2D eigenvalue weighted by Crippen LogP contribution is -2.14. The van der Waals surface area contributed by atoms with Crippen molar-refractivity contribution in [3.8, 4) is 0 Å². The summed E-state index contributed by atoms with van der Waals surface area (Å²) >= 11 is 0. The van der Waals surface area contributed by atoms with Gasteiger partial charge >= 0.3 is 0 Å². The third-order valence-electron chi connectivity index (χ3n) is 2.45. The molecule has 1 aromatic carbocycles. The predicted octanol–water partition coefficient (Wildman–Crippen LogP) is 2.28. The number of carbonyl (C=O) groups is 1. The number of hydrogen-bond donors (Lipinski definition) is 2. The van der Waals surface area contributed by atoms with E-state index in [1.165, 1.54) is 0 Å². The number of H-pyrrole nitrogens is 1.